The van der Waals surface area contributed by atoms with Crippen molar-refractivity contribution < 1.29 is 9.52 Å². The lowest BCUT2D eigenvalue weighted by Gasteiger charge is -2.21. The summed E-state index contributed by atoms with van der Waals surface area (Å²) in [7, 11) is 0. The van der Waals surface area contributed by atoms with Gasteiger partial charge in [-0.1, -0.05) is 38.5 Å². The highest BCUT2D eigenvalue weighted by atomic mass is 16.4. The van der Waals surface area contributed by atoms with E-state index in [1.165, 1.54) is 12.8 Å². The average Bonchev–Trinajstić information content (AvgIpc) is 2.54. The van der Waals surface area contributed by atoms with Gasteiger partial charge in [-0.3, -0.25) is 0 Å². The molecule has 24 heavy (non-hydrogen) atoms. The lowest BCUT2D eigenvalue weighted by molar-refractivity contribution is 0.461. The first-order valence-electron chi connectivity index (χ1n) is 8.90. The Hall–Kier alpha value is -2.21. The molecule has 0 saturated carbocycles. The lowest BCUT2D eigenvalue weighted by Crippen LogP contribution is -2.20. The summed E-state index contributed by atoms with van der Waals surface area (Å²) in [5.74, 6) is 6.88. The summed E-state index contributed by atoms with van der Waals surface area (Å²) in [6, 6.07) is 3.47. The minimum atomic E-state index is -0.267. The van der Waals surface area contributed by atoms with Crippen LogP contribution in [0.3, 0.4) is 0 Å². The predicted octanol–water partition coefficient (Wildman–Crippen LogP) is 4.56. The molecule has 1 aromatic carbocycles. The third-order valence-corrected chi connectivity index (χ3v) is 4.77. The first-order chi connectivity index (χ1) is 11.6. The Balaban J connectivity index is 2.02. The molecule has 0 radical (unpaired) electrons. The molecule has 2 aromatic rings. The second kappa shape index (κ2) is 7.13. The number of phenols is 1. The summed E-state index contributed by atoms with van der Waals surface area (Å²) in [5.41, 5.74) is 2.57. The van der Waals surface area contributed by atoms with Gasteiger partial charge in [0.05, 0.1) is 5.39 Å². The van der Waals surface area contributed by atoms with Gasteiger partial charge in [0, 0.05) is 17.5 Å². The van der Waals surface area contributed by atoms with Crippen LogP contribution in [0.1, 0.15) is 62.6 Å². The molecule has 1 aliphatic carbocycles. The van der Waals surface area contributed by atoms with Gasteiger partial charge in [-0.15, -0.1) is 0 Å². The molecule has 0 bridgehead atoms. The van der Waals surface area contributed by atoms with E-state index in [9.17, 15) is 9.90 Å². The molecule has 126 valence electrons. The maximum absolute atomic E-state index is 12.3. The van der Waals surface area contributed by atoms with Gasteiger partial charge in [0.15, 0.2) is 0 Å². The fraction of sp³-hybridized carbons (Fsp3) is 0.476. The Bertz CT molecular complexity index is 864. The number of benzene rings is 1. The quantitative estimate of drug-likeness (QED) is 0.512. The van der Waals surface area contributed by atoms with E-state index >= 15 is 0 Å². The summed E-state index contributed by atoms with van der Waals surface area (Å²) >= 11 is 0. The number of phenolic OH excluding ortho intramolecular Hbond substituents is 1. The first kappa shape index (κ1) is 16.6. The van der Waals surface area contributed by atoms with Gasteiger partial charge in [-0.25, -0.2) is 4.79 Å². The maximum atomic E-state index is 12.3. The minimum absolute atomic E-state index is 0.166. The molecule has 1 aromatic heterocycles. The van der Waals surface area contributed by atoms with Crippen LogP contribution in [0.2, 0.25) is 0 Å². The highest BCUT2D eigenvalue weighted by molar-refractivity contribution is 5.89. The fourth-order valence-corrected chi connectivity index (χ4v) is 3.44. The molecule has 0 aliphatic heterocycles. The van der Waals surface area contributed by atoms with E-state index in [1.807, 2.05) is 0 Å². The molecular weight excluding hydrogens is 300 g/mol. The van der Waals surface area contributed by atoms with Gasteiger partial charge < -0.3 is 9.52 Å². The molecule has 3 nitrogen and oxygen atoms in total. The summed E-state index contributed by atoms with van der Waals surface area (Å²) < 4.78 is 5.48. The number of hydrogen-bond donors (Lipinski definition) is 1. The zero-order valence-corrected chi connectivity index (χ0v) is 14.4. The number of fused-ring (bicyclic) bond motifs is 3. The number of aromatic hydroxyl groups is 1. The van der Waals surface area contributed by atoms with Crippen LogP contribution in [-0.2, 0) is 12.8 Å². The van der Waals surface area contributed by atoms with Crippen LogP contribution in [0.15, 0.2) is 21.3 Å². The minimum Gasteiger partial charge on any atom is -0.507 e. The Labute approximate surface area is 142 Å². The molecule has 1 atom stereocenters. The second-order valence-electron chi connectivity index (χ2n) is 6.82. The number of hydrogen-bond acceptors (Lipinski definition) is 3. The zero-order chi connectivity index (χ0) is 17.1. The largest absolute Gasteiger partial charge is 0.507 e. The van der Waals surface area contributed by atoms with Gasteiger partial charge in [0.1, 0.15) is 11.3 Å². The van der Waals surface area contributed by atoms with Crippen LogP contribution in [0, 0.1) is 17.8 Å². The van der Waals surface area contributed by atoms with Crippen molar-refractivity contribution in [1.29, 1.82) is 0 Å². The maximum Gasteiger partial charge on any atom is 0.339 e. The predicted molar refractivity (Wildman–Crippen MR) is 96.4 cm³/mol. The highest BCUT2D eigenvalue weighted by Gasteiger charge is 2.23. The Morgan fingerprint density at radius 2 is 2.12 bits per heavy atom. The smallest absolute Gasteiger partial charge is 0.339 e. The third kappa shape index (κ3) is 3.33. The molecular formula is C21H24O3. The standard InChI is InChI=1S/C21H24O3/c1-3-4-5-6-7-8-15-12-18(22)20-17-11-14(2)9-10-16(17)21(23)24-19(20)13-15/h12-14,22H,3-6,9-11H2,1-2H3. The highest BCUT2D eigenvalue weighted by Crippen LogP contribution is 2.35. The molecule has 1 unspecified atom stereocenters. The van der Waals surface area contributed by atoms with Crippen LogP contribution in [0.4, 0.5) is 0 Å². The Morgan fingerprint density at radius 3 is 2.92 bits per heavy atom. The summed E-state index contributed by atoms with van der Waals surface area (Å²) in [4.78, 5) is 12.3. The summed E-state index contributed by atoms with van der Waals surface area (Å²) in [6.07, 6.45) is 6.82. The monoisotopic (exact) mass is 324 g/mol. The molecule has 1 aliphatic rings. The van der Waals surface area contributed by atoms with Gasteiger partial charge in [-0.05, 0) is 49.3 Å². The van der Waals surface area contributed by atoms with E-state index in [2.05, 4.69) is 25.7 Å². The van der Waals surface area contributed by atoms with Crippen molar-refractivity contribution in [1.82, 2.24) is 0 Å². The molecule has 0 fully saturated rings. The first-order valence-corrected chi connectivity index (χ1v) is 8.90. The Morgan fingerprint density at radius 1 is 1.29 bits per heavy atom. The van der Waals surface area contributed by atoms with E-state index in [0.29, 0.717) is 22.5 Å². The normalized spacial score (nSPS) is 16.5. The second-order valence-corrected chi connectivity index (χ2v) is 6.82. The van der Waals surface area contributed by atoms with E-state index < -0.39 is 0 Å². The molecule has 3 heteroatoms. The van der Waals surface area contributed by atoms with Gasteiger partial charge in [0.2, 0.25) is 0 Å². The zero-order valence-electron chi connectivity index (χ0n) is 14.4. The van der Waals surface area contributed by atoms with E-state index in [-0.39, 0.29) is 11.4 Å². The Kier molecular flexibility index (Phi) is 4.94. The number of unbranched alkanes of at least 4 members (excludes halogenated alkanes) is 3. The summed E-state index contributed by atoms with van der Waals surface area (Å²) in [5, 5.41) is 11.2. The van der Waals surface area contributed by atoms with Crippen LogP contribution in [0.25, 0.3) is 11.0 Å². The molecule has 0 amide bonds. The van der Waals surface area contributed by atoms with Crippen molar-refractivity contribution in [3.8, 4) is 17.6 Å². The van der Waals surface area contributed by atoms with E-state index in [1.54, 1.807) is 12.1 Å². The van der Waals surface area contributed by atoms with Crippen LogP contribution in [0.5, 0.6) is 5.75 Å². The average molecular weight is 324 g/mol. The molecule has 0 saturated heterocycles. The van der Waals surface area contributed by atoms with E-state index in [0.717, 1.165) is 43.2 Å². The van der Waals surface area contributed by atoms with Gasteiger partial charge >= 0.3 is 5.63 Å². The fourth-order valence-electron chi connectivity index (χ4n) is 3.44. The molecule has 1 heterocycles. The van der Waals surface area contributed by atoms with Crippen molar-refractivity contribution in [3.05, 3.63) is 39.2 Å². The molecule has 1 N–H and O–H groups in total. The number of rotatable bonds is 3. The summed E-state index contributed by atoms with van der Waals surface area (Å²) in [6.45, 7) is 4.34. The third-order valence-electron chi connectivity index (χ3n) is 4.77. The van der Waals surface area contributed by atoms with Crippen molar-refractivity contribution in [3.63, 3.8) is 0 Å². The molecule has 3 rings (SSSR count). The van der Waals surface area contributed by atoms with Crippen molar-refractivity contribution in [2.75, 3.05) is 0 Å². The van der Waals surface area contributed by atoms with Gasteiger partial charge in [0.25, 0.3) is 0 Å². The molecule has 0 spiro atoms. The van der Waals surface area contributed by atoms with Gasteiger partial charge in [-0.2, -0.15) is 0 Å². The topological polar surface area (TPSA) is 50.4 Å². The van der Waals surface area contributed by atoms with Crippen molar-refractivity contribution in [2.45, 2.75) is 58.8 Å². The van der Waals surface area contributed by atoms with Crippen LogP contribution >= 0.6 is 0 Å². The van der Waals surface area contributed by atoms with E-state index in [4.69, 9.17) is 4.42 Å². The van der Waals surface area contributed by atoms with Crippen LogP contribution in [-0.4, -0.2) is 5.11 Å². The van der Waals surface area contributed by atoms with Crippen molar-refractivity contribution >= 4 is 11.0 Å². The van der Waals surface area contributed by atoms with Crippen LogP contribution < -0.4 is 5.63 Å². The SMILES string of the molecule is CCCCCC#Cc1cc(O)c2c3c(c(=O)oc2c1)CCC(C)C3. The van der Waals surface area contributed by atoms with Crippen molar-refractivity contribution in [2.24, 2.45) is 5.92 Å². The lowest BCUT2D eigenvalue weighted by atomic mass is 9.84.